The van der Waals surface area contributed by atoms with Crippen LogP contribution in [0.5, 0.6) is 0 Å². The summed E-state index contributed by atoms with van der Waals surface area (Å²) in [6.07, 6.45) is 0. The Hall–Kier alpha value is -2.34. The van der Waals surface area contributed by atoms with E-state index in [0.717, 1.165) is 5.69 Å². The Balaban J connectivity index is 1.85. The van der Waals surface area contributed by atoms with Crippen LogP contribution in [-0.2, 0) is 6.54 Å². The molecule has 0 aliphatic carbocycles. The fourth-order valence-electron chi connectivity index (χ4n) is 2.49. The van der Waals surface area contributed by atoms with E-state index in [0.29, 0.717) is 24.8 Å². The second kappa shape index (κ2) is 8.67. The number of benzene rings is 1. The molecule has 2 rings (SSSR count). The predicted molar refractivity (Wildman–Crippen MR) is 98.4 cm³/mol. The first-order valence-electron chi connectivity index (χ1n) is 8.57. The third-order valence-corrected chi connectivity index (χ3v) is 4.13. The molecule has 0 unspecified atom stereocenters. The third kappa shape index (κ3) is 5.60. The molecule has 0 aliphatic heterocycles. The van der Waals surface area contributed by atoms with Gasteiger partial charge in [-0.05, 0) is 32.5 Å². The number of hydrogen-bond acceptors (Lipinski definition) is 4. The number of aromatic nitrogens is 1. The van der Waals surface area contributed by atoms with Crippen LogP contribution in [0.1, 0.15) is 48.4 Å². The van der Waals surface area contributed by atoms with Crippen LogP contribution in [0.4, 0.5) is 4.79 Å². The number of carbonyl (C=O) groups is 1. The molecule has 0 saturated heterocycles. The van der Waals surface area contributed by atoms with Crippen molar-refractivity contribution in [2.45, 2.75) is 39.3 Å². The molecule has 0 radical (unpaired) electrons. The molecule has 1 heterocycles. The second-order valence-electron chi connectivity index (χ2n) is 6.83. The molecular weight excluding hydrogens is 316 g/mol. The molecule has 0 aliphatic rings. The van der Waals surface area contributed by atoms with Gasteiger partial charge in [-0.1, -0.05) is 48.8 Å². The Morgan fingerprint density at radius 1 is 1.20 bits per heavy atom. The molecule has 2 amide bonds. The minimum Gasteiger partial charge on any atom is -0.359 e. The van der Waals surface area contributed by atoms with E-state index in [1.165, 1.54) is 11.1 Å². The smallest absolute Gasteiger partial charge is 0.315 e. The summed E-state index contributed by atoms with van der Waals surface area (Å²) in [6.45, 7) is 7.01. The van der Waals surface area contributed by atoms with Gasteiger partial charge in [-0.3, -0.25) is 0 Å². The van der Waals surface area contributed by atoms with Gasteiger partial charge in [0.2, 0.25) is 0 Å². The Morgan fingerprint density at radius 3 is 2.44 bits per heavy atom. The number of hydrogen-bond donors (Lipinski definition) is 2. The normalized spacial score (nSPS) is 12.4. The zero-order chi connectivity index (χ0) is 18.4. The highest BCUT2D eigenvalue weighted by Crippen LogP contribution is 2.18. The van der Waals surface area contributed by atoms with Crippen molar-refractivity contribution >= 4 is 6.03 Å². The zero-order valence-electron chi connectivity index (χ0n) is 15.7. The molecular formula is C19H28N4O2. The number of amides is 2. The van der Waals surface area contributed by atoms with E-state index in [9.17, 15) is 4.79 Å². The van der Waals surface area contributed by atoms with Gasteiger partial charge < -0.3 is 20.1 Å². The number of nitrogens with one attached hydrogen (secondary N) is 2. The highest BCUT2D eigenvalue weighted by molar-refractivity contribution is 5.73. The number of nitrogens with zero attached hydrogens (tertiary/aromatic N) is 2. The van der Waals surface area contributed by atoms with Gasteiger partial charge in [-0.25, -0.2) is 4.79 Å². The molecule has 6 heteroatoms. The van der Waals surface area contributed by atoms with Crippen LogP contribution >= 0.6 is 0 Å². The summed E-state index contributed by atoms with van der Waals surface area (Å²) in [5.74, 6) is 0.961. The Morgan fingerprint density at radius 2 is 1.88 bits per heavy atom. The number of rotatable bonds is 7. The van der Waals surface area contributed by atoms with Crippen LogP contribution in [0.2, 0.25) is 0 Å². The zero-order valence-corrected chi connectivity index (χ0v) is 15.7. The summed E-state index contributed by atoms with van der Waals surface area (Å²) in [4.78, 5) is 14.2. The number of likely N-dealkylation sites (N-methyl/N-ethyl adjacent to an activating group) is 1. The van der Waals surface area contributed by atoms with E-state index >= 15 is 0 Å². The summed E-state index contributed by atoms with van der Waals surface area (Å²) < 4.78 is 5.22. The first-order valence-corrected chi connectivity index (χ1v) is 8.57. The lowest BCUT2D eigenvalue weighted by atomic mass is 10.0. The molecule has 136 valence electrons. The lowest BCUT2D eigenvalue weighted by Gasteiger charge is -2.25. The fraction of sp³-hybridized carbons (Fsp3) is 0.474. The van der Waals surface area contributed by atoms with Crippen LogP contribution in [0.15, 0.2) is 34.9 Å². The van der Waals surface area contributed by atoms with Gasteiger partial charge in [-0.15, -0.1) is 0 Å². The molecule has 0 spiro atoms. The molecule has 2 N–H and O–H groups in total. The molecule has 0 fully saturated rings. The van der Waals surface area contributed by atoms with Crippen molar-refractivity contribution in [3.8, 4) is 0 Å². The van der Waals surface area contributed by atoms with Crippen molar-refractivity contribution in [2.75, 3.05) is 20.6 Å². The van der Waals surface area contributed by atoms with Crippen molar-refractivity contribution in [3.05, 3.63) is 52.9 Å². The average molecular weight is 344 g/mol. The van der Waals surface area contributed by atoms with Crippen molar-refractivity contribution in [3.63, 3.8) is 0 Å². The Labute approximate surface area is 149 Å². The van der Waals surface area contributed by atoms with E-state index < -0.39 is 0 Å². The molecule has 1 aromatic carbocycles. The third-order valence-electron chi connectivity index (χ3n) is 4.13. The summed E-state index contributed by atoms with van der Waals surface area (Å²) in [7, 11) is 4.01. The van der Waals surface area contributed by atoms with Crippen LogP contribution in [0.25, 0.3) is 0 Å². The standard InChI is InChI=1S/C19H28N4O2/c1-13(2)17-10-16(25-22-17)11-20-19(24)21-12-18(23(4)5)15-8-6-14(3)7-9-15/h6-10,13,18H,11-12H2,1-5H3,(H2,20,21,24)/t18-/m0/s1. The van der Waals surface area contributed by atoms with Crippen LogP contribution in [-0.4, -0.2) is 36.7 Å². The van der Waals surface area contributed by atoms with E-state index in [-0.39, 0.29) is 12.1 Å². The first kappa shape index (κ1) is 19.0. The SMILES string of the molecule is Cc1ccc([C@H](CNC(=O)NCc2cc(C(C)C)no2)N(C)C)cc1. The highest BCUT2D eigenvalue weighted by Gasteiger charge is 2.15. The van der Waals surface area contributed by atoms with Crippen LogP contribution in [0.3, 0.4) is 0 Å². The quantitative estimate of drug-likeness (QED) is 0.809. The summed E-state index contributed by atoms with van der Waals surface area (Å²) in [6, 6.07) is 10.1. The largest absolute Gasteiger partial charge is 0.359 e. The van der Waals surface area contributed by atoms with E-state index in [1.54, 1.807) is 0 Å². The highest BCUT2D eigenvalue weighted by atomic mass is 16.5. The van der Waals surface area contributed by atoms with Crippen molar-refractivity contribution < 1.29 is 9.32 Å². The Bertz CT molecular complexity index is 677. The fourth-order valence-corrected chi connectivity index (χ4v) is 2.49. The first-order chi connectivity index (χ1) is 11.9. The Kier molecular flexibility index (Phi) is 6.58. The summed E-state index contributed by atoms with van der Waals surface area (Å²) in [5, 5.41) is 9.71. The molecule has 2 aromatic rings. The van der Waals surface area contributed by atoms with Gasteiger partial charge in [0.15, 0.2) is 5.76 Å². The van der Waals surface area contributed by atoms with Crippen LogP contribution < -0.4 is 10.6 Å². The molecule has 1 aromatic heterocycles. The lowest BCUT2D eigenvalue weighted by molar-refractivity contribution is 0.231. The van der Waals surface area contributed by atoms with Crippen molar-refractivity contribution in [2.24, 2.45) is 0 Å². The maximum absolute atomic E-state index is 12.1. The number of carbonyl (C=O) groups excluding carboxylic acids is 1. The van der Waals surface area contributed by atoms with Crippen molar-refractivity contribution in [1.29, 1.82) is 0 Å². The topological polar surface area (TPSA) is 70.4 Å². The molecule has 1 atom stereocenters. The van der Waals surface area contributed by atoms with Crippen LogP contribution in [0, 0.1) is 6.92 Å². The van der Waals surface area contributed by atoms with Gasteiger partial charge in [0.25, 0.3) is 0 Å². The predicted octanol–water partition coefficient (Wildman–Crippen LogP) is 3.21. The molecule has 6 nitrogen and oxygen atoms in total. The average Bonchev–Trinajstić information content (AvgIpc) is 3.04. The van der Waals surface area contributed by atoms with Gasteiger partial charge >= 0.3 is 6.03 Å². The maximum Gasteiger partial charge on any atom is 0.315 e. The second-order valence-corrected chi connectivity index (χ2v) is 6.83. The minimum absolute atomic E-state index is 0.115. The molecule has 0 bridgehead atoms. The minimum atomic E-state index is -0.221. The van der Waals surface area contributed by atoms with Crippen molar-refractivity contribution in [1.82, 2.24) is 20.7 Å². The van der Waals surface area contributed by atoms with Gasteiger partial charge in [-0.2, -0.15) is 0 Å². The summed E-state index contributed by atoms with van der Waals surface area (Å²) in [5.41, 5.74) is 3.29. The summed E-state index contributed by atoms with van der Waals surface area (Å²) >= 11 is 0. The number of aryl methyl sites for hydroxylation is 1. The number of urea groups is 1. The van der Waals surface area contributed by atoms with E-state index in [1.807, 2.05) is 34.0 Å². The van der Waals surface area contributed by atoms with Gasteiger partial charge in [0.05, 0.1) is 18.3 Å². The monoisotopic (exact) mass is 344 g/mol. The van der Waals surface area contributed by atoms with E-state index in [2.05, 4.69) is 51.9 Å². The van der Waals surface area contributed by atoms with Gasteiger partial charge in [0, 0.05) is 12.6 Å². The molecule has 25 heavy (non-hydrogen) atoms. The lowest BCUT2D eigenvalue weighted by Crippen LogP contribution is -2.40. The maximum atomic E-state index is 12.1. The molecule has 0 saturated carbocycles. The van der Waals surface area contributed by atoms with Gasteiger partial charge in [0.1, 0.15) is 0 Å². The van der Waals surface area contributed by atoms with E-state index in [4.69, 9.17) is 4.52 Å².